The number of likely N-dealkylation sites (tertiary alicyclic amines) is 1. The number of nitrogens with zero attached hydrogens (tertiary/aromatic N) is 4. The van der Waals surface area contributed by atoms with Gasteiger partial charge in [0.1, 0.15) is 5.82 Å². The summed E-state index contributed by atoms with van der Waals surface area (Å²) >= 11 is 1.41. The average molecular weight is 427 g/mol. The van der Waals surface area contributed by atoms with E-state index in [4.69, 9.17) is 4.42 Å². The maximum absolute atomic E-state index is 13.6. The van der Waals surface area contributed by atoms with Gasteiger partial charge in [-0.2, -0.15) is 9.50 Å². The van der Waals surface area contributed by atoms with Crippen molar-refractivity contribution < 1.29 is 13.9 Å². The molecule has 1 aromatic carbocycles. The maximum Gasteiger partial charge on any atom is 0.230 e. The Morgan fingerprint density at radius 1 is 1.17 bits per heavy atom. The molecule has 3 atom stereocenters. The van der Waals surface area contributed by atoms with Crippen molar-refractivity contribution in [1.82, 2.24) is 19.5 Å². The quantitative estimate of drug-likeness (QED) is 0.499. The standard InChI is InChI=1S/C22H23FN4O2S/c1-13-10-14(2)12-26(11-13)18(15-5-7-16(23)8-6-15)19-21(28)27-22(30-19)24-20(25-27)17-4-3-9-29-17/h3-9,13-14,18,28H,10-12H2,1-2H3/t13-,14-,18-/m0/s1. The Morgan fingerprint density at radius 3 is 2.53 bits per heavy atom. The predicted octanol–water partition coefficient (Wildman–Crippen LogP) is 4.96. The minimum Gasteiger partial charge on any atom is -0.492 e. The van der Waals surface area contributed by atoms with Gasteiger partial charge in [0.2, 0.25) is 16.7 Å². The Hall–Kier alpha value is -2.71. The zero-order valence-corrected chi connectivity index (χ0v) is 17.6. The molecule has 4 heterocycles. The lowest BCUT2D eigenvalue weighted by Gasteiger charge is -2.40. The summed E-state index contributed by atoms with van der Waals surface area (Å²) in [5, 5.41) is 15.5. The van der Waals surface area contributed by atoms with Gasteiger partial charge < -0.3 is 9.52 Å². The van der Waals surface area contributed by atoms with Gasteiger partial charge in [0.25, 0.3) is 0 Å². The topological polar surface area (TPSA) is 66.8 Å². The van der Waals surface area contributed by atoms with E-state index in [2.05, 4.69) is 28.8 Å². The number of halogens is 1. The van der Waals surface area contributed by atoms with Crippen LogP contribution in [-0.4, -0.2) is 37.7 Å². The first-order valence-corrected chi connectivity index (χ1v) is 10.9. The summed E-state index contributed by atoms with van der Waals surface area (Å²) in [6.45, 7) is 6.33. The third kappa shape index (κ3) is 3.40. The Labute approximate surface area is 177 Å². The molecular weight excluding hydrogens is 403 g/mol. The fraction of sp³-hybridized carbons (Fsp3) is 0.364. The molecule has 0 radical (unpaired) electrons. The monoisotopic (exact) mass is 426 g/mol. The Balaban J connectivity index is 1.60. The van der Waals surface area contributed by atoms with Gasteiger partial charge in [-0.3, -0.25) is 4.90 Å². The molecule has 156 valence electrons. The molecule has 5 rings (SSSR count). The zero-order valence-electron chi connectivity index (χ0n) is 16.8. The van der Waals surface area contributed by atoms with Crippen LogP contribution in [0.1, 0.15) is 36.8 Å². The fourth-order valence-electron chi connectivity index (χ4n) is 4.53. The molecule has 0 bridgehead atoms. The third-order valence-electron chi connectivity index (χ3n) is 5.64. The summed E-state index contributed by atoms with van der Waals surface area (Å²) in [6, 6.07) is 9.93. The number of hydrogen-bond donors (Lipinski definition) is 1. The van der Waals surface area contributed by atoms with Gasteiger partial charge >= 0.3 is 0 Å². The van der Waals surface area contributed by atoms with Crippen molar-refractivity contribution in [2.75, 3.05) is 13.1 Å². The maximum atomic E-state index is 13.6. The van der Waals surface area contributed by atoms with E-state index in [1.165, 1.54) is 34.4 Å². The van der Waals surface area contributed by atoms with Crippen LogP contribution in [0.15, 0.2) is 47.1 Å². The molecule has 1 saturated heterocycles. The number of aromatic nitrogens is 3. The predicted molar refractivity (Wildman–Crippen MR) is 113 cm³/mol. The molecule has 0 saturated carbocycles. The highest BCUT2D eigenvalue weighted by molar-refractivity contribution is 7.17. The van der Waals surface area contributed by atoms with Crippen LogP contribution in [0.2, 0.25) is 0 Å². The van der Waals surface area contributed by atoms with Crippen LogP contribution in [0.5, 0.6) is 5.88 Å². The highest BCUT2D eigenvalue weighted by Gasteiger charge is 2.33. The summed E-state index contributed by atoms with van der Waals surface area (Å²) < 4.78 is 20.4. The van der Waals surface area contributed by atoms with Gasteiger partial charge in [-0.1, -0.05) is 37.3 Å². The first-order chi connectivity index (χ1) is 14.5. The summed E-state index contributed by atoms with van der Waals surface area (Å²) in [7, 11) is 0. The van der Waals surface area contributed by atoms with Crippen LogP contribution in [0, 0.1) is 17.7 Å². The number of furan rings is 1. The van der Waals surface area contributed by atoms with Gasteiger partial charge in [-0.15, -0.1) is 5.10 Å². The molecule has 1 aliphatic heterocycles. The van der Waals surface area contributed by atoms with E-state index in [1.54, 1.807) is 30.5 Å². The molecule has 1 N–H and O–H groups in total. The average Bonchev–Trinajstić information content (AvgIpc) is 3.42. The highest BCUT2D eigenvalue weighted by atomic mass is 32.1. The Bertz CT molecular complexity index is 1140. The van der Waals surface area contributed by atoms with E-state index in [9.17, 15) is 9.50 Å². The molecule has 30 heavy (non-hydrogen) atoms. The molecule has 0 amide bonds. The van der Waals surface area contributed by atoms with E-state index in [1.807, 2.05) is 0 Å². The fourth-order valence-corrected chi connectivity index (χ4v) is 5.65. The van der Waals surface area contributed by atoms with Crippen LogP contribution >= 0.6 is 11.3 Å². The van der Waals surface area contributed by atoms with Gasteiger partial charge in [-0.05, 0) is 48.1 Å². The van der Waals surface area contributed by atoms with Crippen molar-refractivity contribution in [3.8, 4) is 17.5 Å². The number of hydrogen-bond acceptors (Lipinski definition) is 6. The molecule has 6 nitrogen and oxygen atoms in total. The summed E-state index contributed by atoms with van der Waals surface area (Å²) in [6.07, 6.45) is 2.75. The first kappa shape index (κ1) is 19.3. The van der Waals surface area contributed by atoms with E-state index < -0.39 is 0 Å². The number of fused-ring (bicyclic) bond motifs is 1. The van der Waals surface area contributed by atoms with Crippen LogP contribution in [0.4, 0.5) is 4.39 Å². The molecule has 0 unspecified atom stereocenters. The van der Waals surface area contributed by atoms with Gasteiger partial charge in [0.05, 0.1) is 17.2 Å². The third-order valence-corrected chi connectivity index (χ3v) is 6.71. The minimum atomic E-state index is -0.271. The van der Waals surface area contributed by atoms with Crippen LogP contribution in [0.25, 0.3) is 16.5 Å². The number of benzene rings is 1. The molecule has 8 heteroatoms. The van der Waals surface area contributed by atoms with Crippen LogP contribution in [-0.2, 0) is 0 Å². The summed E-state index contributed by atoms with van der Waals surface area (Å²) in [5.74, 6) is 1.89. The van der Waals surface area contributed by atoms with Gasteiger partial charge in [0, 0.05) is 13.1 Å². The second-order valence-corrected chi connectivity index (χ2v) is 9.26. The van der Waals surface area contributed by atoms with Gasteiger partial charge in [-0.25, -0.2) is 4.39 Å². The van der Waals surface area contributed by atoms with Crippen molar-refractivity contribution in [2.45, 2.75) is 26.3 Å². The van der Waals surface area contributed by atoms with E-state index in [0.717, 1.165) is 23.5 Å². The number of rotatable bonds is 4. The zero-order chi connectivity index (χ0) is 20.8. The molecular formula is C22H23FN4O2S. The molecule has 1 fully saturated rings. The summed E-state index contributed by atoms with van der Waals surface area (Å²) in [4.78, 5) is 8.28. The second kappa shape index (κ2) is 7.52. The molecule has 3 aromatic heterocycles. The molecule has 1 aliphatic rings. The van der Waals surface area contributed by atoms with Crippen molar-refractivity contribution in [2.24, 2.45) is 11.8 Å². The Kier molecular flexibility index (Phi) is 4.83. The number of aromatic hydroxyl groups is 1. The lowest BCUT2D eigenvalue weighted by Crippen LogP contribution is -2.41. The Morgan fingerprint density at radius 2 is 1.90 bits per heavy atom. The molecule has 4 aromatic rings. The first-order valence-electron chi connectivity index (χ1n) is 10.1. The smallest absolute Gasteiger partial charge is 0.230 e. The van der Waals surface area contributed by atoms with Crippen molar-refractivity contribution in [1.29, 1.82) is 0 Å². The van der Waals surface area contributed by atoms with Crippen molar-refractivity contribution in [3.05, 3.63) is 58.9 Å². The lowest BCUT2D eigenvalue weighted by molar-refractivity contribution is 0.112. The van der Waals surface area contributed by atoms with Crippen LogP contribution < -0.4 is 0 Å². The SMILES string of the molecule is C[C@H]1C[C@H](C)CN([C@@H](c2ccc(F)cc2)c2sc3nc(-c4ccco4)nn3c2O)C1. The van der Waals surface area contributed by atoms with Crippen LogP contribution in [0.3, 0.4) is 0 Å². The van der Waals surface area contributed by atoms with Crippen molar-refractivity contribution >= 4 is 16.3 Å². The van der Waals surface area contributed by atoms with E-state index >= 15 is 0 Å². The lowest BCUT2D eigenvalue weighted by atomic mass is 9.89. The second-order valence-electron chi connectivity index (χ2n) is 8.25. The van der Waals surface area contributed by atoms with Crippen molar-refractivity contribution in [3.63, 3.8) is 0 Å². The molecule has 0 spiro atoms. The summed E-state index contributed by atoms with van der Waals surface area (Å²) in [5.41, 5.74) is 0.948. The van der Waals surface area contributed by atoms with E-state index in [0.29, 0.717) is 28.4 Å². The number of thiazole rings is 1. The molecule has 0 aliphatic carbocycles. The number of piperidine rings is 1. The van der Waals surface area contributed by atoms with Gasteiger partial charge in [0.15, 0.2) is 5.76 Å². The van der Waals surface area contributed by atoms with E-state index in [-0.39, 0.29) is 17.7 Å². The normalized spacial score (nSPS) is 21.3. The highest BCUT2D eigenvalue weighted by Crippen LogP contribution is 2.42. The minimum absolute atomic E-state index is 0.0699. The largest absolute Gasteiger partial charge is 0.492 e.